The number of nitrogens with one attached hydrogen (secondary N) is 1. The molecule has 2 aromatic rings. The lowest BCUT2D eigenvalue weighted by Gasteiger charge is -2.27. The van der Waals surface area contributed by atoms with Gasteiger partial charge in [0.25, 0.3) is 5.91 Å². The molecular formula is C18H27N5O. The highest BCUT2D eigenvalue weighted by Crippen LogP contribution is 2.28. The van der Waals surface area contributed by atoms with E-state index in [1.54, 1.807) is 6.20 Å². The van der Waals surface area contributed by atoms with Crippen LogP contribution in [0.3, 0.4) is 0 Å². The van der Waals surface area contributed by atoms with Crippen LogP contribution >= 0.6 is 0 Å². The third-order valence-electron chi connectivity index (χ3n) is 4.67. The van der Waals surface area contributed by atoms with Gasteiger partial charge in [-0.15, -0.1) is 0 Å². The zero-order valence-corrected chi connectivity index (χ0v) is 14.7. The Hall–Kier alpha value is -2.11. The van der Waals surface area contributed by atoms with Gasteiger partial charge in [0.05, 0.1) is 22.8 Å². The summed E-state index contributed by atoms with van der Waals surface area (Å²) in [6.45, 7) is 7.53. The predicted octanol–water partition coefficient (Wildman–Crippen LogP) is 3.29. The molecule has 0 unspecified atom stereocenters. The van der Waals surface area contributed by atoms with Gasteiger partial charge in [0.15, 0.2) is 5.65 Å². The summed E-state index contributed by atoms with van der Waals surface area (Å²) in [5.74, 6) is 0.0901. The highest BCUT2D eigenvalue weighted by molar-refractivity contribution is 6.06. The van der Waals surface area contributed by atoms with Gasteiger partial charge in [-0.1, -0.05) is 13.3 Å². The van der Waals surface area contributed by atoms with E-state index in [1.807, 2.05) is 22.7 Å². The monoisotopic (exact) mass is 329 g/mol. The number of nitrogens with zero attached hydrogens (tertiary/aromatic N) is 4. The van der Waals surface area contributed by atoms with Crippen molar-refractivity contribution in [2.24, 2.45) is 0 Å². The number of amides is 1. The lowest BCUT2D eigenvalue weighted by Crippen LogP contribution is -2.36. The van der Waals surface area contributed by atoms with Crippen LogP contribution in [0.4, 0.5) is 5.69 Å². The summed E-state index contributed by atoms with van der Waals surface area (Å²) in [4.78, 5) is 19.5. The summed E-state index contributed by atoms with van der Waals surface area (Å²) >= 11 is 0. The van der Waals surface area contributed by atoms with Crippen molar-refractivity contribution in [1.82, 2.24) is 19.7 Å². The van der Waals surface area contributed by atoms with Crippen molar-refractivity contribution >= 4 is 22.6 Å². The van der Waals surface area contributed by atoms with Gasteiger partial charge < -0.3 is 10.2 Å². The molecule has 1 amide bonds. The third kappa shape index (κ3) is 3.23. The topological polar surface area (TPSA) is 63.1 Å². The van der Waals surface area contributed by atoms with E-state index < -0.39 is 0 Å². The van der Waals surface area contributed by atoms with Crippen LogP contribution in [0.15, 0.2) is 12.4 Å². The molecule has 6 heteroatoms. The number of aryl methyl sites for hydroxylation is 1. The Bertz CT molecular complexity index is 703. The maximum absolute atomic E-state index is 13.0. The third-order valence-corrected chi connectivity index (χ3v) is 4.67. The summed E-state index contributed by atoms with van der Waals surface area (Å²) in [6, 6.07) is 0. The van der Waals surface area contributed by atoms with Gasteiger partial charge >= 0.3 is 0 Å². The molecule has 1 aliphatic rings. The summed E-state index contributed by atoms with van der Waals surface area (Å²) in [7, 11) is 0. The predicted molar refractivity (Wildman–Crippen MR) is 96.4 cm³/mol. The second-order valence-corrected chi connectivity index (χ2v) is 6.38. The molecule has 24 heavy (non-hydrogen) atoms. The van der Waals surface area contributed by atoms with Gasteiger partial charge in [0, 0.05) is 32.4 Å². The van der Waals surface area contributed by atoms with Crippen molar-refractivity contribution in [1.29, 1.82) is 0 Å². The maximum Gasteiger partial charge on any atom is 0.257 e. The molecule has 1 N–H and O–H groups in total. The first-order valence-corrected chi connectivity index (χ1v) is 9.14. The highest BCUT2D eigenvalue weighted by atomic mass is 16.2. The molecule has 1 fully saturated rings. The zero-order chi connectivity index (χ0) is 16.9. The summed E-state index contributed by atoms with van der Waals surface area (Å²) < 4.78 is 1.87. The minimum absolute atomic E-state index is 0.0901. The number of carbonyl (C=O) groups excluding carboxylic acids is 1. The van der Waals surface area contributed by atoms with E-state index in [0.717, 1.165) is 68.6 Å². The molecule has 0 bridgehead atoms. The molecule has 0 spiro atoms. The number of pyridine rings is 1. The molecule has 0 atom stereocenters. The highest BCUT2D eigenvalue weighted by Gasteiger charge is 2.23. The SMILES string of the molecule is CCCCNc1c(C(=O)N2CCCCC2)cnc2c1cnn2CC. The number of hydrogen-bond donors (Lipinski definition) is 1. The van der Waals surface area contributed by atoms with E-state index in [9.17, 15) is 4.79 Å². The van der Waals surface area contributed by atoms with E-state index in [0.29, 0.717) is 5.56 Å². The van der Waals surface area contributed by atoms with Gasteiger partial charge in [-0.2, -0.15) is 5.10 Å². The molecule has 2 aromatic heterocycles. The first-order chi connectivity index (χ1) is 11.8. The smallest absolute Gasteiger partial charge is 0.257 e. The minimum atomic E-state index is 0.0901. The first kappa shape index (κ1) is 16.7. The number of rotatable bonds is 6. The number of piperidine rings is 1. The van der Waals surface area contributed by atoms with Gasteiger partial charge in [-0.25, -0.2) is 9.67 Å². The fourth-order valence-corrected chi connectivity index (χ4v) is 3.27. The number of unbranched alkanes of at least 4 members (excludes halogenated alkanes) is 1. The number of likely N-dealkylation sites (tertiary alicyclic amines) is 1. The van der Waals surface area contributed by atoms with Crippen molar-refractivity contribution in [3.05, 3.63) is 18.0 Å². The van der Waals surface area contributed by atoms with E-state index in [1.165, 1.54) is 6.42 Å². The average Bonchev–Trinajstić information content (AvgIpc) is 3.05. The molecular weight excluding hydrogens is 302 g/mol. The molecule has 6 nitrogen and oxygen atoms in total. The van der Waals surface area contributed by atoms with Crippen molar-refractivity contribution in [3.63, 3.8) is 0 Å². The number of aromatic nitrogens is 3. The van der Waals surface area contributed by atoms with Crippen LogP contribution in [0.5, 0.6) is 0 Å². The molecule has 0 saturated carbocycles. The van der Waals surface area contributed by atoms with Crippen molar-refractivity contribution < 1.29 is 4.79 Å². The summed E-state index contributed by atoms with van der Waals surface area (Å²) in [5, 5.41) is 8.82. The zero-order valence-electron chi connectivity index (χ0n) is 14.7. The van der Waals surface area contributed by atoms with Gasteiger partial charge in [-0.3, -0.25) is 4.79 Å². The molecule has 130 valence electrons. The number of fused-ring (bicyclic) bond motifs is 1. The Kier molecular flexibility index (Phi) is 5.33. The molecule has 3 rings (SSSR count). The Labute approximate surface area is 143 Å². The molecule has 0 aliphatic carbocycles. The Morgan fingerprint density at radius 3 is 2.71 bits per heavy atom. The van der Waals surface area contributed by atoms with Crippen LogP contribution in [-0.4, -0.2) is 45.2 Å². The second kappa shape index (κ2) is 7.64. The van der Waals surface area contributed by atoms with Gasteiger partial charge in [0.2, 0.25) is 0 Å². The van der Waals surface area contributed by atoms with Crippen molar-refractivity contribution in [3.8, 4) is 0 Å². The van der Waals surface area contributed by atoms with Crippen LogP contribution in [0.2, 0.25) is 0 Å². The minimum Gasteiger partial charge on any atom is -0.384 e. The van der Waals surface area contributed by atoms with E-state index in [4.69, 9.17) is 0 Å². The van der Waals surface area contributed by atoms with Crippen LogP contribution in [0.1, 0.15) is 56.3 Å². The van der Waals surface area contributed by atoms with Gasteiger partial charge in [0.1, 0.15) is 0 Å². The standard InChI is InChI=1S/C18H27N5O/c1-3-5-9-19-16-14-13-21-23(4-2)17(14)20-12-15(16)18(24)22-10-7-6-8-11-22/h12-13H,3-11H2,1-2H3,(H,19,20). The Balaban J connectivity index is 1.98. The average molecular weight is 329 g/mol. The van der Waals surface area contributed by atoms with Crippen LogP contribution in [0, 0.1) is 0 Å². The molecule has 0 radical (unpaired) electrons. The Morgan fingerprint density at radius 1 is 1.21 bits per heavy atom. The van der Waals surface area contributed by atoms with Crippen molar-refractivity contribution in [2.75, 3.05) is 25.0 Å². The fourth-order valence-electron chi connectivity index (χ4n) is 3.27. The molecule has 3 heterocycles. The van der Waals surface area contributed by atoms with E-state index in [-0.39, 0.29) is 5.91 Å². The molecule has 1 saturated heterocycles. The van der Waals surface area contributed by atoms with Crippen LogP contribution < -0.4 is 5.32 Å². The summed E-state index contributed by atoms with van der Waals surface area (Å²) in [5.41, 5.74) is 2.41. The normalized spacial score (nSPS) is 15.0. The summed E-state index contributed by atoms with van der Waals surface area (Å²) in [6.07, 6.45) is 9.13. The van der Waals surface area contributed by atoms with E-state index in [2.05, 4.69) is 22.3 Å². The first-order valence-electron chi connectivity index (χ1n) is 9.14. The van der Waals surface area contributed by atoms with Crippen LogP contribution in [-0.2, 0) is 6.54 Å². The van der Waals surface area contributed by atoms with Gasteiger partial charge in [-0.05, 0) is 32.6 Å². The van der Waals surface area contributed by atoms with Crippen LogP contribution in [0.25, 0.3) is 11.0 Å². The second-order valence-electron chi connectivity index (χ2n) is 6.38. The fraction of sp³-hybridized carbons (Fsp3) is 0.611. The molecule has 1 aliphatic heterocycles. The molecule has 0 aromatic carbocycles. The lowest BCUT2D eigenvalue weighted by molar-refractivity contribution is 0.0725. The number of anilines is 1. The Morgan fingerprint density at radius 2 is 2.00 bits per heavy atom. The van der Waals surface area contributed by atoms with E-state index >= 15 is 0 Å². The lowest BCUT2D eigenvalue weighted by atomic mass is 10.1. The number of hydrogen-bond acceptors (Lipinski definition) is 4. The van der Waals surface area contributed by atoms with Crippen molar-refractivity contribution in [2.45, 2.75) is 52.5 Å². The largest absolute Gasteiger partial charge is 0.384 e. The maximum atomic E-state index is 13.0. The quantitative estimate of drug-likeness (QED) is 0.826. The number of carbonyl (C=O) groups is 1.